The molecule has 0 spiro atoms. The lowest BCUT2D eigenvalue weighted by atomic mass is 10.6. The van der Waals surface area contributed by atoms with Gasteiger partial charge in [0.15, 0.2) is 0 Å². The summed E-state index contributed by atoms with van der Waals surface area (Å²) in [5.74, 6) is 1.23. The second kappa shape index (κ2) is 8.68. The van der Waals surface area contributed by atoms with Crippen LogP contribution in [0.5, 0.6) is 0 Å². The molecule has 0 atom stereocenters. The van der Waals surface area contributed by atoms with Gasteiger partial charge in [-0.05, 0) is 12.1 Å². The molecule has 0 aliphatic carbocycles. The summed E-state index contributed by atoms with van der Waals surface area (Å²) >= 11 is 0. The Bertz CT molecular complexity index is 468. The maximum atomic E-state index is 8.56. The molecule has 0 unspecified atom stereocenters. The molecule has 10 N–H and O–H groups in total. The van der Waals surface area contributed by atoms with E-state index < -0.39 is 6.16 Å². The van der Waals surface area contributed by atoms with E-state index in [0.29, 0.717) is 11.6 Å². The second-order valence-corrected chi connectivity index (χ2v) is 2.96. The first-order chi connectivity index (χ1) is 9.31. The van der Waals surface area contributed by atoms with Crippen molar-refractivity contribution in [1.29, 1.82) is 0 Å². The van der Waals surface area contributed by atoms with Gasteiger partial charge in [-0.25, -0.2) is 14.8 Å². The summed E-state index contributed by atoms with van der Waals surface area (Å²) < 4.78 is 0. The van der Waals surface area contributed by atoms with Crippen molar-refractivity contribution in [3.63, 3.8) is 0 Å². The predicted octanol–water partition coefficient (Wildman–Crippen LogP) is -0.496. The lowest BCUT2D eigenvalue weighted by Gasteiger charge is -1.89. The fraction of sp³-hybridized carbons (Fsp3) is 0. The van der Waals surface area contributed by atoms with Crippen molar-refractivity contribution in [2.75, 3.05) is 22.9 Å². The van der Waals surface area contributed by atoms with Crippen molar-refractivity contribution in [3.8, 4) is 0 Å². The number of hydrogen-bond acceptors (Lipinski definition) is 9. The summed E-state index contributed by atoms with van der Waals surface area (Å²) in [5, 5.41) is 13.9. The number of anilines is 4. The molecule has 2 heterocycles. The minimum absolute atomic E-state index is 0.213. The Morgan fingerprint density at radius 3 is 1.30 bits per heavy atom. The smallest absolute Gasteiger partial charge is 0.450 e. The monoisotopic (exact) mass is 282 g/mol. The quantitative estimate of drug-likeness (QED) is 0.362. The minimum atomic E-state index is -1.83. The standard InChI is InChI=1S/2C4H6N4.CH2O3/c2*5-3-1-2-7-4(6)8-3;2-1(3)4/h2*1-2H,(H4,5,6,7,8);(H2,2,3,4). The van der Waals surface area contributed by atoms with E-state index in [2.05, 4.69) is 19.9 Å². The van der Waals surface area contributed by atoms with Crippen molar-refractivity contribution in [1.82, 2.24) is 19.9 Å². The molecule has 0 radical (unpaired) electrons. The molecular formula is C9H14N8O3. The fourth-order valence-corrected chi connectivity index (χ4v) is 0.777. The highest BCUT2D eigenvalue weighted by Crippen LogP contribution is 1.95. The van der Waals surface area contributed by atoms with E-state index in [1.54, 1.807) is 12.1 Å². The van der Waals surface area contributed by atoms with Crippen LogP contribution in [0.15, 0.2) is 24.5 Å². The van der Waals surface area contributed by atoms with Gasteiger partial charge in [-0.3, -0.25) is 0 Å². The van der Waals surface area contributed by atoms with Crippen LogP contribution < -0.4 is 22.9 Å². The van der Waals surface area contributed by atoms with Gasteiger partial charge in [-0.1, -0.05) is 0 Å². The third-order valence-corrected chi connectivity index (χ3v) is 1.39. The third kappa shape index (κ3) is 9.83. The van der Waals surface area contributed by atoms with Crippen molar-refractivity contribution in [2.24, 2.45) is 0 Å². The summed E-state index contributed by atoms with van der Waals surface area (Å²) in [6.07, 6.45) is 1.19. The highest BCUT2D eigenvalue weighted by molar-refractivity contribution is 5.53. The zero-order valence-electron chi connectivity index (χ0n) is 10.2. The molecule has 0 fully saturated rings. The zero-order valence-corrected chi connectivity index (χ0v) is 10.2. The minimum Gasteiger partial charge on any atom is -0.450 e. The first-order valence-electron chi connectivity index (χ1n) is 4.91. The molecule has 0 saturated heterocycles. The number of carboxylic acid groups (broad SMARTS) is 2. The van der Waals surface area contributed by atoms with E-state index in [4.69, 9.17) is 37.9 Å². The molecule has 11 nitrogen and oxygen atoms in total. The van der Waals surface area contributed by atoms with Crippen molar-refractivity contribution in [3.05, 3.63) is 24.5 Å². The first kappa shape index (κ1) is 16.6. The van der Waals surface area contributed by atoms with Gasteiger partial charge in [0.1, 0.15) is 11.6 Å². The maximum absolute atomic E-state index is 8.56. The van der Waals surface area contributed by atoms with Crippen LogP contribution in [0.25, 0.3) is 0 Å². The molecule has 2 rings (SSSR count). The number of rotatable bonds is 0. The number of nitrogens with zero attached hydrogens (tertiary/aromatic N) is 4. The highest BCUT2D eigenvalue weighted by atomic mass is 16.6. The zero-order chi connectivity index (χ0) is 15.5. The van der Waals surface area contributed by atoms with Gasteiger partial charge in [0.05, 0.1) is 0 Å². The van der Waals surface area contributed by atoms with Gasteiger partial charge in [0.2, 0.25) is 11.9 Å². The summed E-state index contributed by atoms with van der Waals surface area (Å²) in [4.78, 5) is 23.0. The molecule has 2 aromatic rings. The van der Waals surface area contributed by atoms with Gasteiger partial charge >= 0.3 is 6.16 Å². The van der Waals surface area contributed by atoms with Gasteiger partial charge in [-0.15, -0.1) is 0 Å². The van der Waals surface area contributed by atoms with Crippen molar-refractivity contribution < 1.29 is 15.0 Å². The molecule has 0 aliphatic rings. The molecule has 0 aliphatic heterocycles. The fourth-order valence-electron chi connectivity index (χ4n) is 0.777. The molecule has 0 bridgehead atoms. The van der Waals surface area contributed by atoms with Crippen LogP contribution in [0.2, 0.25) is 0 Å². The molecule has 0 aromatic carbocycles. The Hall–Kier alpha value is -3.37. The molecule has 0 saturated carbocycles. The SMILES string of the molecule is Nc1ccnc(N)n1.Nc1ccnc(N)n1.O=C(O)O. The Labute approximate surface area is 113 Å². The Balaban J connectivity index is 0.000000289. The van der Waals surface area contributed by atoms with Gasteiger partial charge < -0.3 is 33.1 Å². The summed E-state index contributed by atoms with van der Waals surface area (Å²) in [5.41, 5.74) is 20.8. The molecule has 0 amide bonds. The van der Waals surface area contributed by atoms with Crippen LogP contribution >= 0.6 is 0 Å². The number of aromatic nitrogens is 4. The predicted molar refractivity (Wildman–Crippen MR) is 72.4 cm³/mol. The Kier molecular flexibility index (Phi) is 7.22. The van der Waals surface area contributed by atoms with Gasteiger partial charge in [0, 0.05) is 12.4 Å². The van der Waals surface area contributed by atoms with Crippen LogP contribution in [-0.2, 0) is 0 Å². The van der Waals surface area contributed by atoms with E-state index in [-0.39, 0.29) is 11.9 Å². The van der Waals surface area contributed by atoms with E-state index in [1.165, 1.54) is 12.4 Å². The van der Waals surface area contributed by atoms with Crippen molar-refractivity contribution >= 4 is 29.7 Å². The van der Waals surface area contributed by atoms with Gasteiger partial charge in [0.25, 0.3) is 0 Å². The first-order valence-corrected chi connectivity index (χ1v) is 4.91. The van der Waals surface area contributed by atoms with Crippen LogP contribution in [0, 0.1) is 0 Å². The van der Waals surface area contributed by atoms with E-state index in [1.807, 2.05) is 0 Å². The normalized spacial score (nSPS) is 8.40. The summed E-state index contributed by atoms with van der Waals surface area (Å²) in [7, 11) is 0. The topological polar surface area (TPSA) is 213 Å². The lowest BCUT2D eigenvalue weighted by molar-refractivity contribution is 0.137. The largest absolute Gasteiger partial charge is 0.503 e. The maximum Gasteiger partial charge on any atom is 0.503 e. The molecule has 20 heavy (non-hydrogen) atoms. The second-order valence-electron chi connectivity index (χ2n) is 2.96. The Morgan fingerprint density at radius 1 is 0.850 bits per heavy atom. The molecule has 11 heteroatoms. The molecule has 2 aromatic heterocycles. The number of nitrogen functional groups attached to an aromatic ring is 4. The van der Waals surface area contributed by atoms with Crippen LogP contribution in [0.3, 0.4) is 0 Å². The van der Waals surface area contributed by atoms with Crippen LogP contribution in [0.1, 0.15) is 0 Å². The van der Waals surface area contributed by atoms with E-state index in [0.717, 1.165) is 0 Å². The average molecular weight is 282 g/mol. The van der Waals surface area contributed by atoms with E-state index >= 15 is 0 Å². The van der Waals surface area contributed by atoms with E-state index in [9.17, 15) is 0 Å². The number of nitrogens with two attached hydrogens (primary N) is 4. The Morgan fingerprint density at radius 2 is 1.15 bits per heavy atom. The van der Waals surface area contributed by atoms with Gasteiger partial charge in [-0.2, -0.15) is 9.97 Å². The third-order valence-electron chi connectivity index (χ3n) is 1.39. The molecule has 108 valence electrons. The number of carbonyl (C=O) groups is 1. The average Bonchev–Trinajstić information content (AvgIpc) is 2.28. The van der Waals surface area contributed by atoms with Crippen molar-refractivity contribution in [2.45, 2.75) is 0 Å². The van der Waals surface area contributed by atoms with Crippen LogP contribution in [0.4, 0.5) is 28.3 Å². The summed E-state index contributed by atoms with van der Waals surface area (Å²) in [6.45, 7) is 0. The lowest BCUT2D eigenvalue weighted by Crippen LogP contribution is -1.96. The highest BCUT2D eigenvalue weighted by Gasteiger charge is 1.85. The van der Waals surface area contributed by atoms with Crippen LogP contribution in [-0.4, -0.2) is 36.3 Å². The number of hydrogen-bond donors (Lipinski definition) is 6. The molecular weight excluding hydrogens is 268 g/mol. The summed E-state index contributed by atoms with van der Waals surface area (Å²) in [6, 6.07) is 3.16.